The van der Waals surface area contributed by atoms with Crippen LogP contribution in [0.4, 0.5) is 5.69 Å². The molecule has 0 unspecified atom stereocenters. The molecule has 0 saturated heterocycles. The highest BCUT2D eigenvalue weighted by Gasteiger charge is 2.16. The Kier molecular flexibility index (Phi) is 5.87. The molecule has 5 nitrogen and oxygen atoms in total. The monoisotopic (exact) mass is 450 g/mol. The second-order valence-electron chi connectivity index (χ2n) is 5.39. The number of nitrogens with one attached hydrogen (secondary N) is 2. The highest BCUT2D eigenvalue weighted by molar-refractivity contribution is 9.10. The molecule has 3 aromatic rings. The fraction of sp³-hybridized carbons (Fsp3) is 0.0556. The highest BCUT2D eigenvalue weighted by atomic mass is 79.9. The lowest BCUT2D eigenvalue weighted by Crippen LogP contribution is -2.23. The Balaban J connectivity index is 1.74. The smallest absolute Gasteiger partial charge is 0.255 e. The van der Waals surface area contributed by atoms with Crippen molar-refractivity contribution in [2.75, 3.05) is 5.32 Å². The fourth-order valence-corrected chi connectivity index (χ4v) is 4.26. The number of anilines is 1. The number of carbonyl (C=O) groups excluding carboxylic acids is 1. The number of sulfonamides is 1. The molecular formula is C18H15BrN2O3S2. The second kappa shape index (κ2) is 8.13. The van der Waals surface area contributed by atoms with Crippen LogP contribution in [0, 0.1) is 0 Å². The van der Waals surface area contributed by atoms with Crippen LogP contribution in [0.1, 0.15) is 15.2 Å². The number of benzene rings is 2. The largest absolute Gasteiger partial charge is 0.322 e. The maximum atomic E-state index is 12.5. The number of halogens is 1. The van der Waals surface area contributed by atoms with Gasteiger partial charge in [0.05, 0.1) is 4.90 Å². The number of hydrogen-bond acceptors (Lipinski definition) is 4. The Hall–Kier alpha value is -2.00. The van der Waals surface area contributed by atoms with Crippen molar-refractivity contribution in [3.8, 4) is 0 Å². The van der Waals surface area contributed by atoms with Crippen LogP contribution < -0.4 is 10.0 Å². The van der Waals surface area contributed by atoms with Crippen molar-refractivity contribution >= 4 is 48.9 Å². The van der Waals surface area contributed by atoms with Gasteiger partial charge >= 0.3 is 0 Å². The first-order valence-electron chi connectivity index (χ1n) is 7.63. The zero-order valence-electron chi connectivity index (χ0n) is 13.5. The van der Waals surface area contributed by atoms with Crippen molar-refractivity contribution in [2.24, 2.45) is 0 Å². The molecule has 0 atom stereocenters. The fourth-order valence-electron chi connectivity index (χ4n) is 2.20. The van der Waals surface area contributed by atoms with Crippen molar-refractivity contribution in [1.29, 1.82) is 0 Å². The van der Waals surface area contributed by atoms with Crippen molar-refractivity contribution in [3.05, 3.63) is 81.0 Å². The van der Waals surface area contributed by atoms with E-state index in [1.165, 1.54) is 23.5 Å². The number of carbonyl (C=O) groups is 1. The molecule has 3 rings (SSSR count). The first kappa shape index (κ1) is 18.8. The van der Waals surface area contributed by atoms with E-state index >= 15 is 0 Å². The predicted octanol–water partition coefficient (Wildman–Crippen LogP) is 4.24. The zero-order chi connectivity index (χ0) is 18.6. The van der Waals surface area contributed by atoms with Gasteiger partial charge in [0.2, 0.25) is 10.0 Å². The molecule has 0 bridgehead atoms. The molecule has 2 N–H and O–H groups in total. The number of thiophene rings is 1. The van der Waals surface area contributed by atoms with Crippen LogP contribution >= 0.6 is 27.3 Å². The molecule has 1 aromatic heterocycles. The van der Waals surface area contributed by atoms with Crippen LogP contribution in [0.25, 0.3) is 0 Å². The maximum absolute atomic E-state index is 12.5. The molecule has 8 heteroatoms. The molecule has 0 radical (unpaired) electrons. The average Bonchev–Trinajstić information content (AvgIpc) is 3.16. The third-order valence-electron chi connectivity index (χ3n) is 3.53. The zero-order valence-corrected chi connectivity index (χ0v) is 16.7. The van der Waals surface area contributed by atoms with E-state index in [-0.39, 0.29) is 22.9 Å². The minimum Gasteiger partial charge on any atom is -0.322 e. The molecule has 0 aliphatic rings. The first-order chi connectivity index (χ1) is 12.4. The summed E-state index contributed by atoms with van der Waals surface area (Å²) in [6.45, 7) is 0.218. The maximum Gasteiger partial charge on any atom is 0.255 e. The quantitative estimate of drug-likeness (QED) is 0.589. The van der Waals surface area contributed by atoms with Crippen LogP contribution in [0.15, 0.2) is 75.4 Å². The molecule has 0 aliphatic carbocycles. The summed E-state index contributed by atoms with van der Waals surface area (Å²) in [5, 5.41) is 4.63. The second-order valence-corrected chi connectivity index (χ2v) is 9.11. The lowest BCUT2D eigenvalue weighted by molar-refractivity contribution is 0.102. The van der Waals surface area contributed by atoms with Crippen LogP contribution in [0.2, 0.25) is 0 Å². The van der Waals surface area contributed by atoms with Gasteiger partial charge in [0, 0.05) is 27.1 Å². The highest BCUT2D eigenvalue weighted by Crippen LogP contribution is 2.17. The van der Waals surface area contributed by atoms with Gasteiger partial charge in [0.1, 0.15) is 0 Å². The predicted molar refractivity (Wildman–Crippen MR) is 107 cm³/mol. The molecule has 0 aliphatic heterocycles. The third kappa shape index (κ3) is 4.79. The Morgan fingerprint density at radius 3 is 2.50 bits per heavy atom. The van der Waals surface area contributed by atoms with Crippen LogP contribution in [0.5, 0.6) is 0 Å². The van der Waals surface area contributed by atoms with Crippen molar-refractivity contribution < 1.29 is 13.2 Å². The normalized spacial score (nSPS) is 11.3. The van der Waals surface area contributed by atoms with Crippen LogP contribution in [-0.4, -0.2) is 14.3 Å². The van der Waals surface area contributed by atoms with Gasteiger partial charge in [-0.1, -0.05) is 28.1 Å². The molecule has 0 spiro atoms. The summed E-state index contributed by atoms with van der Waals surface area (Å²) < 4.78 is 28.4. The summed E-state index contributed by atoms with van der Waals surface area (Å²) in [4.78, 5) is 13.4. The summed E-state index contributed by atoms with van der Waals surface area (Å²) in [7, 11) is -3.70. The topological polar surface area (TPSA) is 75.3 Å². The van der Waals surface area contributed by atoms with Gasteiger partial charge < -0.3 is 5.32 Å². The van der Waals surface area contributed by atoms with Crippen molar-refractivity contribution in [2.45, 2.75) is 11.4 Å². The lowest BCUT2D eigenvalue weighted by atomic mass is 10.2. The minimum absolute atomic E-state index is 0.0533. The molecular weight excluding hydrogens is 436 g/mol. The summed E-state index contributed by atoms with van der Waals surface area (Å²) in [6, 6.07) is 16.8. The molecule has 0 saturated carbocycles. The molecule has 26 heavy (non-hydrogen) atoms. The standard InChI is InChI=1S/C18H15BrN2O3S2/c19-14-6-8-15(9-7-14)21-18(22)13-3-1-5-17(11-13)26(23,24)20-12-16-4-2-10-25-16/h1-11,20H,12H2,(H,21,22). The number of hydrogen-bond donors (Lipinski definition) is 2. The Morgan fingerprint density at radius 2 is 1.81 bits per heavy atom. The summed E-state index contributed by atoms with van der Waals surface area (Å²) in [5.41, 5.74) is 0.897. The van der Waals surface area contributed by atoms with Gasteiger partial charge in [-0.05, 0) is 53.9 Å². The van der Waals surface area contributed by atoms with E-state index in [1.54, 1.807) is 24.3 Å². The van der Waals surface area contributed by atoms with Gasteiger partial charge in [-0.15, -0.1) is 11.3 Å². The minimum atomic E-state index is -3.70. The van der Waals surface area contributed by atoms with E-state index in [4.69, 9.17) is 0 Å². The lowest BCUT2D eigenvalue weighted by Gasteiger charge is -2.09. The van der Waals surface area contributed by atoms with Gasteiger partial charge in [0.15, 0.2) is 0 Å². The van der Waals surface area contributed by atoms with Gasteiger partial charge in [-0.3, -0.25) is 4.79 Å². The van der Waals surface area contributed by atoms with E-state index in [0.29, 0.717) is 5.69 Å². The van der Waals surface area contributed by atoms with Gasteiger partial charge in [-0.25, -0.2) is 13.1 Å². The molecule has 0 fully saturated rings. The summed E-state index contributed by atoms with van der Waals surface area (Å²) in [5.74, 6) is -0.373. The van der Waals surface area contributed by atoms with E-state index < -0.39 is 10.0 Å². The van der Waals surface area contributed by atoms with Crippen LogP contribution in [-0.2, 0) is 16.6 Å². The SMILES string of the molecule is O=C(Nc1ccc(Br)cc1)c1cccc(S(=O)(=O)NCc2cccs2)c1. The average molecular weight is 451 g/mol. The number of rotatable bonds is 6. The van der Waals surface area contributed by atoms with Crippen LogP contribution in [0.3, 0.4) is 0 Å². The Labute approximate surface area is 164 Å². The summed E-state index contributed by atoms with van der Waals surface area (Å²) in [6.07, 6.45) is 0. The van der Waals surface area contributed by atoms with Crippen molar-refractivity contribution in [1.82, 2.24) is 4.72 Å². The Bertz CT molecular complexity index is 1000. The van der Waals surface area contributed by atoms with Gasteiger partial charge in [-0.2, -0.15) is 0 Å². The molecule has 2 aromatic carbocycles. The van der Waals surface area contributed by atoms with E-state index in [9.17, 15) is 13.2 Å². The summed E-state index contributed by atoms with van der Waals surface area (Å²) >= 11 is 4.81. The molecule has 134 valence electrons. The first-order valence-corrected chi connectivity index (χ1v) is 10.8. The Morgan fingerprint density at radius 1 is 1.04 bits per heavy atom. The molecule has 1 heterocycles. The van der Waals surface area contributed by atoms with E-state index in [1.807, 2.05) is 29.6 Å². The number of amides is 1. The van der Waals surface area contributed by atoms with Gasteiger partial charge in [0.25, 0.3) is 5.91 Å². The third-order valence-corrected chi connectivity index (χ3v) is 6.33. The van der Waals surface area contributed by atoms with Crippen molar-refractivity contribution in [3.63, 3.8) is 0 Å². The van der Waals surface area contributed by atoms with E-state index in [2.05, 4.69) is 26.0 Å². The van der Waals surface area contributed by atoms with E-state index in [0.717, 1.165) is 9.35 Å². The molecule has 1 amide bonds.